The lowest BCUT2D eigenvalue weighted by molar-refractivity contribution is -0.870. The molecule has 1 N–H and O–H groups in total. The molecule has 3 atom stereocenters. The van der Waals surface area contributed by atoms with Crippen LogP contribution in [0.15, 0.2) is 72.9 Å². The second kappa shape index (κ2) is 43.3. The summed E-state index contributed by atoms with van der Waals surface area (Å²) in [4.78, 5) is 37.6. The van der Waals surface area contributed by atoms with E-state index in [-0.39, 0.29) is 26.1 Å². The number of quaternary nitrogens is 1. The molecule has 0 aromatic rings. The molecule has 10 nitrogen and oxygen atoms in total. The zero-order valence-corrected chi connectivity index (χ0v) is 41.5. The van der Waals surface area contributed by atoms with Crippen molar-refractivity contribution in [1.82, 2.24) is 0 Å². The van der Waals surface area contributed by atoms with Gasteiger partial charge in [-0.3, -0.25) is 14.2 Å². The van der Waals surface area contributed by atoms with E-state index in [2.05, 4.69) is 31.2 Å². The van der Waals surface area contributed by atoms with Gasteiger partial charge in [0.2, 0.25) is 0 Å². The number of nitrogens with zero attached hydrogens (tertiary/aromatic N) is 1. The smallest absolute Gasteiger partial charge is 0.306 e. The average Bonchev–Trinajstić information content (AvgIpc) is 3.23. The van der Waals surface area contributed by atoms with Gasteiger partial charge in [-0.05, 0) is 70.6 Å². The molecule has 0 rings (SSSR count). The molecule has 0 saturated carbocycles. The van der Waals surface area contributed by atoms with Gasteiger partial charge in [0.15, 0.2) is 6.10 Å². The van der Waals surface area contributed by atoms with E-state index in [4.69, 9.17) is 18.5 Å². The van der Waals surface area contributed by atoms with Crippen molar-refractivity contribution in [3.05, 3.63) is 72.9 Å². The van der Waals surface area contributed by atoms with Crippen molar-refractivity contribution in [2.75, 3.05) is 47.5 Å². The first-order chi connectivity index (χ1) is 30.4. The minimum Gasteiger partial charge on any atom is -0.756 e. The number of aliphatic hydroxyl groups is 1. The molecule has 0 bridgehead atoms. The Bertz CT molecular complexity index is 1320. The van der Waals surface area contributed by atoms with Crippen LogP contribution < -0.4 is 4.89 Å². The number of phosphoric acid groups is 1. The summed E-state index contributed by atoms with van der Waals surface area (Å²) in [6.07, 6.45) is 51.4. The lowest BCUT2D eigenvalue weighted by Gasteiger charge is -2.28. The molecule has 364 valence electrons. The van der Waals surface area contributed by atoms with Crippen molar-refractivity contribution in [1.29, 1.82) is 0 Å². The maximum absolute atomic E-state index is 12.7. The monoisotopic (exact) mass is 906 g/mol. The van der Waals surface area contributed by atoms with E-state index in [1.807, 2.05) is 76.7 Å². The molecule has 0 saturated heterocycles. The maximum atomic E-state index is 12.7. The predicted octanol–water partition coefficient (Wildman–Crippen LogP) is 12.9. The summed E-state index contributed by atoms with van der Waals surface area (Å²) in [5.74, 6) is -0.929. The molecular weight excluding hydrogens is 814 g/mol. The molecule has 11 heteroatoms. The fourth-order valence-electron chi connectivity index (χ4n) is 6.41. The molecule has 0 fully saturated rings. The van der Waals surface area contributed by atoms with E-state index in [1.54, 1.807) is 0 Å². The van der Waals surface area contributed by atoms with Crippen LogP contribution in [0.25, 0.3) is 0 Å². The van der Waals surface area contributed by atoms with E-state index in [0.717, 1.165) is 38.5 Å². The number of phosphoric ester groups is 1. The van der Waals surface area contributed by atoms with E-state index in [9.17, 15) is 24.2 Å². The summed E-state index contributed by atoms with van der Waals surface area (Å²) in [5.41, 5.74) is 0. The fraction of sp³-hybridized carbons (Fsp3) is 0.731. The van der Waals surface area contributed by atoms with Crippen LogP contribution in [0.3, 0.4) is 0 Å². The molecule has 0 radical (unpaired) electrons. The molecule has 63 heavy (non-hydrogen) atoms. The molecule has 0 spiro atoms. The van der Waals surface area contributed by atoms with Gasteiger partial charge in [-0.15, -0.1) is 0 Å². The van der Waals surface area contributed by atoms with Crippen LogP contribution in [-0.4, -0.2) is 81.2 Å². The molecule has 0 aliphatic carbocycles. The SMILES string of the molecule is CC/C=C\C(O)C/C=C/C=C\C/C=C\C/C=C\CCCC(=O)O[C@H](COC(=O)CCCCCCCCCCCCC/C=C\CCCCCCCC)COP(=O)([O-])OCC[N+](C)(C)C. The van der Waals surface area contributed by atoms with Gasteiger partial charge in [0.25, 0.3) is 7.82 Å². The van der Waals surface area contributed by atoms with Crippen LogP contribution in [0, 0.1) is 0 Å². The Morgan fingerprint density at radius 3 is 1.71 bits per heavy atom. The number of ether oxygens (including phenoxy) is 2. The van der Waals surface area contributed by atoms with E-state index in [0.29, 0.717) is 36.7 Å². The zero-order chi connectivity index (χ0) is 46.5. The highest BCUT2D eigenvalue weighted by Crippen LogP contribution is 2.38. The number of unbranched alkanes of at least 4 members (excludes halogenated alkanes) is 18. The Hall–Kier alpha value is -2.59. The van der Waals surface area contributed by atoms with Gasteiger partial charge < -0.3 is 33.0 Å². The van der Waals surface area contributed by atoms with E-state index >= 15 is 0 Å². The topological polar surface area (TPSA) is 131 Å². The Morgan fingerprint density at radius 2 is 1.11 bits per heavy atom. The van der Waals surface area contributed by atoms with Crippen molar-refractivity contribution in [3.8, 4) is 0 Å². The van der Waals surface area contributed by atoms with Crippen molar-refractivity contribution >= 4 is 19.8 Å². The number of hydrogen-bond acceptors (Lipinski definition) is 9. The van der Waals surface area contributed by atoms with Crippen LogP contribution >= 0.6 is 7.82 Å². The Labute approximate surface area is 385 Å². The molecule has 0 aromatic heterocycles. The molecule has 0 aliphatic rings. The van der Waals surface area contributed by atoms with Crippen LogP contribution in [0.4, 0.5) is 0 Å². The third-order valence-corrected chi connectivity index (χ3v) is 11.2. The van der Waals surface area contributed by atoms with Gasteiger partial charge in [0, 0.05) is 12.8 Å². The van der Waals surface area contributed by atoms with Gasteiger partial charge in [0.1, 0.15) is 19.8 Å². The molecule has 0 amide bonds. The number of aliphatic hydroxyl groups excluding tert-OH is 1. The number of likely N-dealkylation sites (N-methyl/N-ethyl adjacent to an activating group) is 1. The lowest BCUT2D eigenvalue weighted by Crippen LogP contribution is -2.37. The van der Waals surface area contributed by atoms with E-state index in [1.165, 1.54) is 96.3 Å². The third-order valence-electron chi connectivity index (χ3n) is 10.3. The average molecular weight is 906 g/mol. The molecule has 2 unspecified atom stereocenters. The minimum atomic E-state index is -4.66. The number of rotatable bonds is 44. The number of allylic oxidation sites excluding steroid dienone is 10. The largest absolute Gasteiger partial charge is 0.756 e. The molecule has 0 aromatic carbocycles. The molecule has 0 heterocycles. The predicted molar refractivity (Wildman–Crippen MR) is 260 cm³/mol. The minimum absolute atomic E-state index is 0.0522. The summed E-state index contributed by atoms with van der Waals surface area (Å²) in [7, 11) is 1.09. The highest BCUT2D eigenvalue weighted by molar-refractivity contribution is 7.45. The van der Waals surface area contributed by atoms with E-state index < -0.39 is 38.6 Å². The third kappa shape index (κ3) is 47.2. The number of carbonyl (C=O) groups is 2. The van der Waals surface area contributed by atoms with Crippen LogP contribution in [-0.2, 0) is 32.7 Å². The summed E-state index contributed by atoms with van der Waals surface area (Å²) in [6.45, 7) is 3.91. The van der Waals surface area contributed by atoms with Crippen LogP contribution in [0.1, 0.15) is 187 Å². The fourth-order valence-corrected chi connectivity index (χ4v) is 7.14. The first-order valence-corrected chi connectivity index (χ1v) is 26.2. The van der Waals surface area contributed by atoms with Gasteiger partial charge in [0.05, 0.1) is 33.9 Å². The normalized spacial score (nSPS) is 14.6. The number of carbonyl (C=O) groups excluding carboxylic acids is 2. The lowest BCUT2D eigenvalue weighted by atomic mass is 10.0. The second-order valence-corrected chi connectivity index (χ2v) is 19.1. The first kappa shape index (κ1) is 60.4. The highest BCUT2D eigenvalue weighted by atomic mass is 31.2. The molecular formula is C52H92NO9P. The maximum Gasteiger partial charge on any atom is 0.306 e. The second-order valence-electron chi connectivity index (χ2n) is 17.6. The quantitative estimate of drug-likeness (QED) is 0.0158. The van der Waals surface area contributed by atoms with Crippen LogP contribution in [0.2, 0.25) is 0 Å². The van der Waals surface area contributed by atoms with Gasteiger partial charge in [-0.1, -0.05) is 177 Å². The number of hydrogen-bond donors (Lipinski definition) is 1. The Balaban J connectivity index is 4.37. The van der Waals surface area contributed by atoms with Crippen molar-refractivity contribution in [3.63, 3.8) is 0 Å². The molecule has 0 aliphatic heterocycles. The van der Waals surface area contributed by atoms with Gasteiger partial charge in [-0.25, -0.2) is 0 Å². The van der Waals surface area contributed by atoms with Crippen LogP contribution in [0.5, 0.6) is 0 Å². The summed E-state index contributed by atoms with van der Waals surface area (Å²) < 4.78 is 33.9. The number of esters is 2. The Morgan fingerprint density at radius 1 is 0.603 bits per heavy atom. The zero-order valence-electron chi connectivity index (χ0n) is 40.6. The standard InChI is InChI=1S/C52H92NO9P/c1-6-8-10-11-12-13-14-15-16-17-18-19-20-21-22-23-27-30-33-36-39-43-51(55)59-47-50(48-61-63(57,58)60-46-45-53(3,4)5)62-52(56)44-40-37-34-31-28-25-24-26-29-32-35-38-42-49(54)41-9-7-2/h9,15-16,24-25,29,31-32,34-35,38,41,49-50,54H,6-8,10-14,17-23,26-28,30,33,36-37,39-40,42-48H2,1-5H3/b16-15-,25-24-,32-29-,34-31-,38-35+,41-9-/t49?,50-/m1/s1. The highest BCUT2D eigenvalue weighted by Gasteiger charge is 2.21. The van der Waals surface area contributed by atoms with Crippen molar-refractivity contribution in [2.45, 2.75) is 199 Å². The summed E-state index contributed by atoms with van der Waals surface area (Å²) in [6, 6.07) is 0. The summed E-state index contributed by atoms with van der Waals surface area (Å²) in [5, 5.41) is 9.79. The first-order valence-electron chi connectivity index (χ1n) is 24.8. The van der Waals surface area contributed by atoms with Gasteiger partial charge >= 0.3 is 11.9 Å². The van der Waals surface area contributed by atoms with Crippen molar-refractivity contribution in [2.24, 2.45) is 0 Å². The van der Waals surface area contributed by atoms with Gasteiger partial charge in [-0.2, -0.15) is 0 Å². The Kier molecular flexibility index (Phi) is 41.5. The summed E-state index contributed by atoms with van der Waals surface area (Å²) >= 11 is 0. The van der Waals surface area contributed by atoms with Crippen molar-refractivity contribution < 1.29 is 47.2 Å².